The molecule has 0 aromatic heterocycles. The highest BCUT2D eigenvalue weighted by atomic mass is 16.6. The number of ether oxygens (including phenoxy) is 1. The zero-order valence-electron chi connectivity index (χ0n) is 20.7. The van der Waals surface area contributed by atoms with E-state index in [0.29, 0.717) is 25.4 Å². The Kier molecular flexibility index (Phi) is 10.0. The second kappa shape index (κ2) is 12.5. The van der Waals surface area contributed by atoms with Crippen LogP contribution in [0.5, 0.6) is 0 Å². The van der Waals surface area contributed by atoms with Gasteiger partial charge in [-0.15, -0.1) is 0 Å². The van der Waals surface area contributed by atoms with E-state index >= 15 is 0 Å². The number of benzene rings is 2. The van der Waals surface area contributed by atoms with Crippen molar-refractivity contribution >= 4 is 11.8 Å². The highest BCUT2D eigenvalue weighted by Gasteiger charge is 2.27. The number of hydrogen-bond acceptors (Lipinski definition) is 6. The second-order valence-electron chi connectivity index (χ2n) is 10.0. The summed E-state index contributed by atoms with van der Waals surface area (Å²) in [5.74, 6) is 0.344. The number of nitro groups is 1. The fraction of sp³-hybridized carbons (Fsp3) is 0.500. The molecule has 0 unspecified atom stereocenters. The molecule has 0 heterocycles. The van der Waals surface area contributed by atoms with Gasteiger partial charge in [0.1, 0.15) is 5.60 Å². The van der Waals surface area contributed by atoms with E-state index in [1.54, 1.807) is 32.9 Å². The molecule has 34 heavy (non-hydrogen) atoms. The van der Waals surface area contributed by atoms with Crippen LogP contribution in [-0.2, 0) is 17.7 Å². The van der Waals surface area contributed by atoms with Gasteiger partial charge in [0.25, 0.3) is 5.69 Å². The molecule has 0 aliphatic rings. The van der Waals surface area contributed by atoms with Crippen molar-refractivity contribution in [3.63, 3.8) is 0 Å². The smallest absolute Gasteiger partial charge is 0.407 e. The summed E-state index contributed by atoms with van der Waals surface area (Å²) in [5.41, 5.74) is 1.31. The van der Waals surface area contributed by atoms with Crippen LogP contribution in [0.25, 0.3) is 0 Å². The van der Waals surface area contributed by atoms with E-state index in [1.807, 2.05) is 30.3 Å². The Bertz CT molecular complexity index is 910. The van der Waals surface area contributed by atoms with E-state index in [1.165, 1.54) is 12.1 Å². The van der Waals surface area contributed by atoms with Crippen molar-refractivity contribution in [2.75, 3.05) is 13.1 Å². The molecule has 8 nitrogen and oxygen atoms in total. The molecule has 1 amide bonds. The van der Waals surface area contributed by atoms with Crippen molar-refractivity contribution in [3.8, 4) is 0 Å². The van der Waals surface area contributed by atoms with Gasteiger partial charge in [-0.1, -0.05) is 56.3 Å². The van der Waals surface area contributed by atoms with E-state index in [2.05, 4.69) is 24.1 Å². The van der Waals surface area contributed by atoms with Gasteiger partial charge in [0.2, 0.25) is 0 Å². The van der Waals surface area contributed by atoms with Crippen molar-refractivity contribution in [1.29, 1.82) is 0 Å². The number of nitro benzene ring substituents is 1. The van der Waals surface area contributed by atoms with Gasteiger partial charge in [-0.25, -0.2) is 4.79 Å². The Hall–Kier alpha value is -2.97. The molecule has 8 heteroatoms. The summed E-state index contributed by atoms with van der Waals surface area (Å²) in [7, 11) is 0. The van der Waals surface area contributed by atoms with Crippen LogP contribution < -0.4 is 5.32 Å². The predicted molar refractivity (Wildman–Crippen MR) is 133 cm³/mol. The lowest BCUT2D eigenvalue weighted by Crippen LogP contribution is -2.50. The molecule has 0 fully saturated rings. The molecule has 2 aromatic carbocycles. The van der Waals surface area contributed by atoms with Crippen molar-refractivity contribution in [2.45, 2.75) is 65.3 Å². The molecule has 0 aliphatic carbocycles. The Morgan fingerprint density at radius 2 is 1.68 bits per heavy atom. The number of rotatable bonds is 11. The summed E-state index contributed by atoms with van der Waals surface area (Å²) in [6, 6.07) is 15.6. The van der Waals surface area contributed by atoms with Crippen LogP contribution in [0.2, 0.25) is 0 Å². The largest absolute Gasteiger partial charge is 0.444 e. The number of nitrogens with one attached hydrogen (secondary N) is 1. The first-order chi connectivity index (χ1) is 15.9. The monoisotopic (exact) mass is 471 g/mol. The van der Waals surface area contributed by atoms with Gasteiger partial charge in [-0.05, 0) is 44.2 Å². The molecule has 2 atom stereocenters. The average Bonchev–Trinajstić information content (AvgIpc) is 2.72. The van der Waals surface area contributed by atoms with Crippen LogP contribution in [-0.4, -0.2) is 51.9 Å². The minimum Gasteiger partial charge on any atom is -0.444 e. The number of hydrogen-bond donors (Lipinski definition) is 2. The fourth-order valence-electron chi connectivity index (χ4n) is 3.70. The van der Waals surface area contributed by atoms with Gasteiger partial charge in [-0.2, -0.15) is 0 Å². The highest BCUT2D eigenvalue weighted by molar-refractivity contribution is 5.68. The summed E-state index contributed by atoms with van der Waals surface area (Å²) < 4.78 is 5.42. The maximum Gasteiger partial charge on any atom is 0.407 e. The molecule has 0 saturated carbocycles. The summed E-state index contributed by atoms with van der Waals surface area (Å²) in [6.07, 6.45) is -0.975. The number of amides is 1. The molecule has 0 aliphatic heterocycles. The van der Waals surface area contributed by atoms with Crippen molar-refractivity contribution in [2.24, 2.45) is 5.92 Å². The summed E-state index contributed by atoms with van der Waals surface area (Å²) in [4.78, 5) is 25.1. The SMILES string of the molecule is CC(C)CN(Cc1ccc([N+](=O)[O-])cc1)C[C@@H](O)[C@H](Cc1ccccc1)NC(=O)OC(C)(C)C. The van der Waals surface area contributed by atoms with E-state index < -0.39 is 28.8 Å². The first-order valence-corrected chi connectivity index (χ1v) is 11.6. The molecule has 2 aromatic rings. The van der Waals surface area contributed by atoms with Gasteiger partial charge >= 0.3 is 6.09 Å². The Morgan fingerprint density at radius 1 is 1.06 bits per heavy atom. The number of aliphatic hydroxyl groups is 1. The molecule has 0 saturated heterocycles. The Balaban J connectivity index is 2.16. The molecular formula is C26H37N3O5. The van der Waals surface area contributed by atoms with E-state index in [4.69, 9.17) is 4.74 Å². The molecule has 0 bridgehead atoms. The maximum absolute atomic E-state index is 12.5. The van der Waals surface area contributed by atoms with Crippen molar-refractivity contribution in [1.82, 2.24) is 10.2 Å². The van der Waals surface area contributed by atoms with Crippen LogP contribution in [0.4, 0.5) is 10.5 Å². The third kappa shape index (κ3) is 9.89. The zero-order chi connectivity index (χ0) is 25.3. The molecule has 2 N–H and O–H groups in total. The second-order valence-corrected chi connectivity index (χ2v) is 10.0. The first-order valence-electron chi connectivity index (χ1n) is 11.6. The summed E-state index contributed by atoms with van der Waals surface area (Å²) >= 11 is 0. The van der Waals surface area contributed by atoms with Gasteiger partial charge in [0, 0.05) is 31.8 Å². The maximum atomic E-state index is 12.5. The normalized spacial score (nSPS) is 13.5. The summed E-state index contributed by atoms with van der Waals surface area (Å²) in [5, 5.41) is 25.0. The Morgan fingerprint density at radius 3 is 2.21 bits per heavy atom. The number of alkyl carbamates (subject to hydrolysis) is 1. The average molecular weight is 472 g/mol. The van der Waals surface area contributed by atoms with Gasteiger partial charge in [0.15, 0.2) is 0 Å². The standard InChI is InChI=1S/C26H37N3O5/c1-19(2)16-28(17-21-11-13-22(14-12-21)29(32)33)18-24(30)23(15-20-9-7-6-8-10-20)27-25(31)34-26(3,4)5/h6-14,19,23-24,30H,15-18H2,1-5H3,(H,27,31)/t23-,24+/m0/s1. The van der Waals surface area contributed by atoms with Crippen LogP contribution in [0.3, 0.4) is 0 Å². The lowest BCUT2D eigenvalue weighted by Gasteiger charge is -2.32. The van der Waals surface area contributed by atoms with E-state index in [-0.39, 0.29) is 5.69 Å². The minimum atomic E-state index is -0.857. The highest BCUT2D eigenvalue weighted by Crippen LogP contribution is 2.16. The molecule has 2 rings (SSSR count). The number of nitrogens with zero attached hydrogens (tertiary/aromatic N) is 2. The topological polar surface area (TPSA) is 105 Å². The number of carbonyl (C=O) groups is 1. The lowest BCUT2D eigenvalue weighted by molar-refractivity contribution is -0.384. The number of non-ortho nitro benzene ring substituents is 1. The molecule has 0 spiro atoms. The summed E-state index contributed by atoms with van der Waals surface area (Å²) in [6.45, 7) is 11.1. The van der Waals surface area contributed by atoms with Gasteiger partial charge in [0.05, 0.1) is 17.1 Å². The van der Waals surface area contributed by atoms with Crippen molar-refractivity contribution in [3.05, 3.63) is 75.8 Å². The van der Waals surface area contributed by atoms with Crippen molar-refractivity contribution < 1.29 is 19.6 Å². The van der Waals surface area contributed by atoms with Crippen LogP contribution in [0.1, 0.15) is 45.7 Å². The quantitative estimate of drug-likeness (QED) is 0.368. The van der Waals surface area contributed by atoms with E-state index in [9.17, 15) is 20.0 Å². The third-order valence-corrected chi connectivity index (χ3v) is 5.09. The first kappa shape index (κ1) is 27.3. The van der Waals surface area contributed by atoms with E-state index in [0.717, 1.165) is 17.7 Å². The van der Waals surface area contributed by atoms with Gasteiger partial charge in [-0.3, -0.25) is 15.0 Å². The molecule has 0 radical (unpaired) electrons. The zero-order valence-corrected chi connectivity index (χ0v) is 20.7. The minimum absolute atomic E-state index is 0.0451. The van der Waals surface area contributed by atoms with Crippen LogP contribution >= 0.6 is 0 Å². The van der Waals surface area contributed by atoms with Crippen LogP contribution in [0, 0.1) is 16.0 Å². The van der Waals surface area contributed by atoms with Gasteiger partial charge < -0.3 is 15.2 Å². The number of aliphatic hydroxyl groups excluding tert-OH is 1. The predicted octanol–water partition coefficient (Wildman–Crippen LogP) is 4.55. The molecular weight excluding hydrogens is 434 g/mol. The fourth-order valence-corrected chi connectivity index (χ4v) is 3.70. The third-order valence-electron chi connectivity index (χ3n) is 5.09. The Labute approximate surface area is 202 Å². The lowest BCUT2D eigenvalue weighted by atomic mass is 10.00. The van der Waals surface area contributed by atoms with Crippen LogP contribution in [0.15, 0.2) is 54.6 Å². The molecule has 186 valence electrons. The number of carbonyl (C=O) groups excluding carboxylic acids is 1.